The number of hydrogen-bond acceptors (Lipinski definition) is 4. The summed E-state index contributed by atoms with van der Waals surface area (Å²) in [6.45, 7) is 7.19. The van der Waals surface area contributed by atoms with Gasteiger partial charge in [0.1, 0.15) is 6.54 Å². The van der Waals surface area contributed by atoms with E-state index in [1.54, 1.807) is 24.3 Å². The molecule has 2 N–H and O–H groups in total. The number of nitrogens with zero attached hydrogens (tertiary/aromatic N) is 1. The van der Waals surface area contributed by atoms with Gasteiger partial charge in [-0.05, 0) is 55.8 Å². The molecule has 146 valence electrons. The molecular formula is C22H26N3O3+. The maximum Gasteiger partial charge on any atom is 0.279 e. The monoisotopic (exact) mass is 380 g/mol. The van der Waals surface area contributed by atoms with Crippen molar-refractivity contribution in [1.82, 2.24) is 0 Å². The van der Waals surface area contributed by atoms with Crippen molar-refractivity contribution in [1.29, 1.82) is 5.26 Å². The largest absolute Gasteiger partial charge is 0.490 e. The van der Waals surface area contributed by atoms with Crippen LogP contribution in [0.4, 0.5) is 5.69 Å². The third-order valence-corrected chi connectivity index (χ3v) is 4.76. The van der Waals surface area contributed by atoms with E-state index in [1.165, 1.54) is 16.0 Å². The second kappa shape index (κ2) is 9.25. The van der Waals surface area contributed by atoms with Crippen molar-refractivity contribution in [2.45, 2.75) is 26.8 Å². The second-order valence-electron chi connectivity index (χ2n) is 6.77. The Morgan fingerprint density at radius 3 is 2.36 bits per heavy atom. The topological polar surface area (TPSA) is 75.8 Å². The lowest BCUT2D eigenvalue weighted by Gasteiger charge is -2.26. The van der Waals surface area contributed by atoms with Crippen LogP contribution < -0.4 is 19.7 Å². The van der Waals surface area contributed by atoms with Crippen LogP contribution in [0, 0.1) is 11.3 Å². The van der Waals surface area contributed by atoms with Crippen LogP contribution in [-0.2, 0) is 17.8 Å². The number of amides is 1. The van der Waals surface area contributed by atoms with Crippen molar-refractivity contribution in [2.75, 3.05) is 31.6 Å². The van der Waals surface area contributed by atoms with E-state index in [-0.39, 0.29) is 5.91 Å². The quantitative estimate of drug-likeness (QED) is 0.770. The highest BCUT2D eigenvalue weighted by atomic mass is 16.5. The molecule has 0 aliphatic carbocycles. The number of ether oxygens (including phenoxy) is 2. The average Bonchev–Trinajstić information content (AvgIpc) is 2.69. The number of fused-ring (bicyclic) bond motifs is 1. The van der Waals surface area contributed by atoms with Crippen molar-refractivity contribution in [3.8, 4) is 17.6 Å². The minimum atomic E-state index is -0.0286. The molecule has 1 amide bonds. The summed E-state index contributed by atoms with van der Waals surface area (Å²) < 4.78 is 11.4. The van der Waals surface area contributed by atoms with Gasteiger partial charge in [-0.1, -0.05) is 0 Å². The molecule has 3 rings (SSSR count). The minimum absolute atomic E-state index is 0.0286. The first-order chi connectivity index (χ1) is 13.6. The molecule has 0 aromatic heterocycles. The summed E-state index contributed by atoms with van der Waals surface area (Å²) in [6, 6.07) is 13.1. The Kier molecular flexibility index (Phi) is 6.51. The normalized spacial score (nSPS) is 15.2. The molecule has 2 aromatic carbocycles. The Balaban J connectivity index is 1.64. The summed E-state index contributed by atoms with van der Waals surface area (Å²) in [5, 5.41) is 11.8. The average molecular weight is 380 g/mol. The lowest BCUT2D eigenvalue weighted by Crippen LogP contribution is -3.12. The summed E-state index contributed by atoms with van der Waals surface area (Å²) in [5.41, 5.74) is 3.76. The van der Waals surface area contributed by atoms with Gasteiger partial charge in [0, 0.05) is 17.7 Å². The van der Waals surface area contributed by atoms with E-state index in [1.807, 2.05) is 13.8 Å². The smallest absolute Gasteiger partial charge is 0.279 e. The Morgan fingerprint density at radius 1 is 1.11 bits per heavy atom. The van der Waals surface area contributed by atoms with Gasteiger partial charge in [-0.15, -0.1) is 0 Å². The zero-order chi connectivity index (χ0) is 19.9. The number of nitriles is 1. The molecule has 0 radical (unpaired) electrons. The van der Waals surface area contributed by atoms with Crippen molar-refractivity contribution >= 4 is 11.6 Å². The van der Waals surface area contributed by atoms with Gasteiger partial charge in [0.05, 0.1) is 31.4 Å². The predicted molar refractivity (Wildman–Crippen MR) is 107 cm³/mol. The predicted octanol–water partition coefficient (Wildman–Crippen LogP) is 1.94. The van der Waals surface area contributed by atoms with E-state index in [9.17, 15) is 4.79 Å². The van der Waals surface area contributed by atoms with Crippen LogP contribution >= 0.6 is 0 Å². The highest BCUT2D eigenvalue weighted by Gasteiger charge is 2.24. The number of carbonyl (C=O) groups excluding carboxylic acids is 1. The zero-order valence-electron chi connectivity index (χ0n) is 16.4. The van der Waals surface area contributed by atoms with Gasteiger partial charge < -0.3 is 19.7 Å². The summed E-state index contributed by atoms with van der Waals surface area (Å²) in [4.78, 5) is 13.6. The van der Waals surface area contributed by atoms with Gasteiger partial charge in [0.15, 0.2) is 18.0 Å². The molecule has 1 heterocycles. The lowest BCUT2D eigenvalue weighted by molar-refractivity contribution is -0.907. The van der Waals surface area contributed by atoms with Gasteiger partial charge in [-0.2, -0.15) is 5.26 Å². The maximum absolute atomic E-state index is 12.4. The maximum atomic E-state index is 12.4. The molecule has 0 bridgehead atoms. The van der Waals surface area contributed by atoms with Crippen LogP contribution in [0.3, 0.4) is 0 Å². The number of anilines is 1. The van der Waals surface area contributed by atoms with Crippen LogP contribution in [0.5, 0.6) is 11.5 Å². The van der Waals surface area contributed by atoms with E-state index in [2.05, 4.69) is 23.5 Å². The van der Waals surface area contributed by atoms with Crippen LogP contribution in [0.25, 0.3) is 0 Å². The Bertz CT molecular complexity index is 872. The first-order valence-electron chi connectivity index (χ1n) is 9.67. The molecule has 0 saturated heterocycles. The molecule has 2 aromatic rings. The van der Waals surface area contributed by atoms with Crippen LogP contribution in [0.1, 0.15) is 30.5 Å². The second-order valence-corrected chi connectivity index (χ2v) is 6.77. The first kappa shape index (κ1) is 19.7. The molecular weight excluding hydrogens is 354 g/mol. The van der Waals surface area contributed by atoms with E-state index in [0.29, 0.717) is 31.0 Å². The third-order valence-electron chi connectivity index (χ3n) is 4.76. The Hall–Kier alpha value is -3.04. The standard InChI is InChI=1S/C22H25N3O3/c1-3-27-20-11-17-9-10-25(14-18(17)12-21(20)28-4-2)15-22(26)24-19-7-5-16(13-23)6-8-19/h5-8,11-12H,3-4,9-10,14-15H2,1-2H3,(H,24,26)/p+1. The van der Waals surface area contributed by atoms with E-state index in [0.717, 1.165) is 31.0 Å². The molecule has 0 saturated carbocycles. The first-order valence-corrected chi connectivity index (χ1v) is 9.67. The van der Waals surface area contributed by atoms with Crippen molar-refractivity contribution in [2.24, 2.45) is 0 Å². The molecule has 0 fully saturated rings. The number of nitrogens with one attached hydrogen (secondary N) is 2. The van der Waals surface area contributed by atoms with Crippen molar-refractivity contribution < 1.29 is 19.2 Å². The number of rotatable bonds is 7. The van der Waals surface area contributed by atoms with E-state index >= 15 is 0 Å². The number of benzene rings is 2. The Morgan fingerprint density at radius 2 is 1.75 bits per heavy atom. The molecule has 1 aliphatic heterocycles. The van der Waals surface area contributed by atoms with Gasteiger partial charge in [-0.25, -0.2) is 0 Å². The number of hydrogen-bond donors (Lipinski definition) is 2. The van der Waals surface area contributed by atoms with Gasteiger partial charge in [-0.3, -0.25) is 4.79 Å². The Labute approximate surface area is 165 Å². The summed E-state index contributed by atoms with van der Waals surface area (Å²) in [6.07, 6.45) is 0.904. The molecule has 1 aliphatic rings. The fourth-order valence-electron chi connectivity index (χ4n) is 3.46. The molecule has 0 spiro atoms. The summed E-state index contributed by atoms with van der Waals surface area (Å²) in [5.74, 6) is 1.54. The van der Waals surface area contributed by atoms with Crippen molar-refractivity contribution in [3.63, 3.8) is 0 Å². The van der Waals surface area contributed by atoms with Gasteiger partial charge in [0.2, 0.25) is 0 Å². The summed E-state index contributed by atoms with van der Waals surface area (Å²) >= 11 is 0. The van der Waals surface area contributed by atoms with Crippen LogP contribution in [0.15, 0.2) is 36.4 Å². The van der Waals surface area contributed by atoms with Crippen LogP contribution in [0.2, 0.25) is 0 Å². The van der Waals surface area contributed by atoms with E-state index < -0.39 is 0 Å². The third kappa shape index (κ3) is 4.81. The van der Waals surface area contributed by atoms with Crippen LogP contribution in [-0.4, -0.2) is 32.2 Å². The fourth-order valence-corrected chi connectivity index (χ4v) is 3.46. The lowest BCUT2D eigenvalue weighted by atomic mass is 9.98. The van der Waals surface area contributed by atoms with Gasteiger partial charge >= 0.3 is 0 Å². The molecule has 1 atom stereocenters. The highest BCUT2D eigenvalue weighted by Crippen LogP contribution is 2.32. The highest BCUT2D eigenvalue weighted by molar-refractivity contribution is 5.91. The minimum Gasteiger partial charge on any atom is -0.490 e. The number of quaternary nitrogens is 1. The zero-order valence-corrected chi connectivity index (χ0v) is 16.4. The van der Waals surface area contributed by atoms with E-state index in [4.69, 9.17) is 14.7 Å². The molecule has 28 heavy (non-hydrogen) atoms. The van der Waals surface area contributed by atoms with Crippen molar-refractivity contribution in [3.05, 3.63) is 53.1 Å². The summed E-state index contributed by atoms with van der Waals surface area (Å²) in [7, 11) is 0. The molecule has 6 nitrogen and oxygen atoms in total. The molecule has 6 heteroatoms. The fraction of sp³-hybridized carbons (Fsp3) is 0.364. The van der Waals surface area contributed by atoms with Gasteiger partial charge in [0.25, 0.3) is 5.91 Å². The molecule has 1 unspecified atom stereocenters. The number of carbonyl (C=O) groups is 1. The SMILES string of the molecule is CCOc1cc2c(cc1OCC)C[NH+](CC(=O)Nc1ccc(C#N)cc1)CC2.